The number of hydrogen-bond acceptors (Lipinski definition) is 2. The van der Waals surface area contributed by atoms with Crippen molar-refractivity contribution in [1.82, 2.24) is 0 Å². The second-order valence-electron chi connectivity index (χ2n) is 3.34. The lowest BCUT2D eigenvalue weighted by Crippen LogP contribution is -1.81. The molecule has 0 bridgehead atoms. The summed E-state index contributed by atoms with van der Waals surface area (Å²) in [7, 11) is 0. The molecular weight excluding hydrogens is 265 g/mol. The van der Waals surface area contributed by atoms with Crippen LogP contribution in [0.1, 0.15) is 0 Å². The molecule has 0 aliphatic rings. The van der Waals surface area contributed by atoms with E-state index in [1.807, 2.05) is 0 Å². The first kappa shape index (κ1) is 12.6. The maximum Gasteiger partial charge on any atom is 0.157 e. The van der Waals surface area contributed by atoms with Gasteiger partial charge in [-0.2, -0.15) is 0 Å². The van der Waals surface area contributed by atoms with Gasteiger partial charge in [-0.1, -0.05) is 23.7 Å². The van der Waals surface area contributed by atoms with Crippen molar-refractivity contribution < 1.29 is 13.2 Å². The summed E-state index contributed by atoms with van der Waals surface area (Å²) >= 11 is 5.69. The van der Waals surface area contributed by atoms with Crippen molar-refractivity contribution >= 4 is 23.0 Å². The van der Waals surface area contributed by atoms with Crippen LogP contribution in [-0.4, -0.2) is 0 Å². The summed E-state index contributed by atoms with van der Waals surface area (Å²) in [6, 6.07) is 7.16. The normalized spacial score (nSPS) is 11.1. The summed E-state index contributed by atoms with van der Waals surface area (Å²) < 4.78 is 39.8. The highest BCUT2D eigenvalue weighted by Gasteiger charge is 2.09. The molecular formula is C12H6ClF3N2. The fourth-order valence-electron chi connectivity index (χ4n) is 1.27. The van der Waals surface area contributed by atoms with E-state index in [9.17, 15) is 13.2 Å². The van der Waals surface area contributed by atoms with Gasteiger partial charge in [-0.3, -0.25) is 0 Å². The van der Waals surface area contributed by atoms with Crippen LogP contribution in [-0.2, 0) is 0 Å². The first-order valence-electron chi connectivity index (χ1n) is 4.89. The monoisotopic (exact) mass is 270 g/mol. The molecule has 0 spiro atoms. The van der Waals surface area contributed by atoms with Gasteiger partial charge in [-0.05, 0) is 24.3 Å². The van der Waals surface area contributed by atoms with Crippen LogP contribution in [0.25, 0.3) is 0 Å². The Morgan fingerprint density at radius 3 is 1.72 bits per heavy atom. The number of rotatable bonds is 2. The first-order valence-corrected chi connectivity index (χ1v) is 5.27. The lowest BCUT2D eigenvalue weighted by Gasteiger charge is -1.99. The fourth-order valence-corrected chi connectivity index (χ4v) is 1.47. The molecule has 92 valence electrons. The third kappa shape index (κ3) is 2.51. The van der Waals surface area contributed by atoms with E-state index < -0.39 is 23.1 Å². The molecule has 0 N–H and O–H groups in total. The summed E-state index contributed by atoms with van der Waals surface area (Å²) in [5.74, 6) is -2.49. The van der Waals surface area contributed by atoms with Crippen LogP contribution in [0.5, 0.6) is 0 Å². The predicted molar refractivity (Wildman–Crippen MR) is 61.9 cm³/mol. The molecule has 0 saturated carbocycles. The van der Waals surface area contributed by atoms with E-state index in [0.29, 0.717) is 0 Å². The molecule has 0 atom stereocenters. The summed E-state index contributed by atoms with van der Waals surface area (Å²) in [5.41, 5.74) is -0.848. The lowest BCUT2D eigenvalue weighted by molar-refractivity contribution is 0.584. The maximum absolute atomic E-state index is 13.3. The van der Waals surface area contributed by atoms with E-state index >= 15 is 0 Å². The number of halogens is 4. The van der Waals surface area contributed by atoms with Gasteiger partial charge in [0.1, 0.15) is 5.69 Å². The Bertz CT molecular complexity index is 520. The van der Waals surface area contributed by atoms with Crippen LogP contribution < -0.4 is 0 Å². The zero-order valence-corrected chi connectivity index (χ0v) is 9.63. The molecule has 2 aromatic carbocycles. The minimum Gasteiger partial charge on any atom is -0.204 e. The van der Waals surface area contributed by atoms with Crippen LogP contribution in [0.15, 0.2) is 46.6 Å². The van der Waals surface area contributed by atoms with Gasteiger partial charge >= 0.3 is 0 Å². The predicted octanol–water partition coefficient (Wildman–Crippen LogP) is 5.17. The van der Waals surface area contributed by atoms with Crippen LogP contribution in [0, 0.1) is 17.5 Å². The smallest absolute Gasteiger partial charge is 0.157 e. The first-order chi connectivity index (χ1) is 8.59. The number of azo groups is 1. The van der Waals surface area contributed by atoms with Crippen molar-refractivity contribution in [2.45, 2.75) is 0 Å². The van der Waals surface area contributed by atoms with Crippen LogP contribution in [0.2, 0.25) is 5.02 Å². The molecule has 0 fully saturated rings. The molecule has 0 aliphatic carbocycles. The average Bonchev–Trinajstić information content (AvgIpc) is 2.31. The standard InChI is InChI=1S/C12H6ClF3N2/c13-7-3-1-4-8(14)11(7)17-18-12-9(15)5-2-6-10(12)16/h1-6H. The Balaban J connectivity index is 2.43. The SMILES string of the molecule is Fc1cccc(F)c1N=Nc1c(F)cccc1Cl. The number of hydrogen-bond donors (Lipinski definition) is 0. The van der Waals surface area contributed by atoms with E-state index in [-0.39, 0.29) is 10.7 Å². The van der Waals surface area contributed by atoms with Crippen molar-refractivity contribution in [2.24, 2.45) is 10.2 Å². The van der Waals surface area contributed by atoms with Crippen molar-refractivity contribution in [2.75, 3.05) is 0 Å². The van der Waals surface area contributed by atoms with Gasteiger partial charge in [0, 0.05) is 0 Å². The second kappa shape index (κ2) is 5.18. The minimum atomic E-state index is -0.883. The molecule has 2 aromatic rings. The summed E-state index contributed by atoms with van der Waals surface area (Å²) in [6.45, 7) is 0. The van der Waals surface area contributed by atoms with Crippen LogP contribution >= 0.6 is 11.6 Å². The second-order valence-corrected chi connectivity index (χ2v) is 3.75. The molecule has 0 radical (unpaired) electrons. The Morgan fingerprint density at radius 1 is 0.722 bits per heavy atom. The van der Waals surface area contributed by atoms with Gasteiger partial charge in [0.2, 0.25) is 0 Å². The van der Waals surface area contributed by atoms with Crippen LogP contribution in [0.3, 0.4) is 0 Å². The lowest BCUT2D eigenvalue weighted by atomic mass is 10.3. The van der Waals surface area contributed by atoms with Crippen molar-refractivity contribution in [3.63, 3.8) is 0 Å². The highest BCUT2D eigenvalue weighted by Crippen LogP contribution is 2.30. The van der Waals surface area contributed by atoms with Gasteiger partial charge in [-0.15, -0.1) is 10.2 Å². The molecule has 0 heterocycles. The molecule has 0 aliphatic heterocycles. The highest BCUT2D eigenvalue weighted by molar-refractivity contribution is 6.32. The van der Waals surface area contributed by atoms with E-state index in [0.717, 1.165) is 18.2 Å². The van der Waals surface area contributed by atoms with E-state index in [1.165, 1.54) is 18.2 Å². The number of benzene rings is 2. The molecule has 6 heteroatoms. The highest BCUT2D eigenvalue weighted by atomic mass is 35.5. The number of nitrogens with zero attached hydrogens (tertiary/aromatic N) is 2. The molecule has 2 rings (SSSR count). The molecule has 18 heavy (non-hydrogen) atoms. The Labute approximate surface area is 106 Å². The topological polar surface area (TPSA) is 24.7 Å². The fraction of sp³-hybridized carbons (Fsp3) is 0. The van der Waals surface area contributed by atoms with Crippen molar-refractivity contribution in [1.29, 1.82) is 0 Å². The Morgan fingerprint density at radius 2 is 1.17 bits per heavy atom. The van der Waals surface area contributed by atoms with Gasteiger partial charge in [0.25, 0.3) is 0 Å². The van der Waals surface area contributed by atoms with Gasteiger partial charge in [0.05, 0.1) is 5.02 Å². The van der Waals surface area contributed by atoms with E-state index in [2.05, 4.69) is 10.2 Å². The van der Waals surface area contributed by atoms with Crippen LogP contribution in [0.4, 0.5) is 24.5 Å². The summed E-state index contributed by atoms with van der Waals surface area (Å²) in [6.07, 6.45) is 0. The quantitative estimate of drug-likeness (QED) is 0.672. The summed E-state index contributed by atoms with van der Waals surface area (Å²) in [5, 5.41) is 6.79. The average molecular weight is 271 g/mol. The van der Waals surface area contributed by atoms with E-state index in [4.69, 9.17) is 11.6 Å². The molecule has 0 amide bonds. The third-order valence-electron chi connectivity index (χ3n) is 2.13. The zero-order chi connectivity index (χ0) is 13.1. The zero-order valence-electron chi connectivity index (χ0n) is 8.87. The molecule has 2 nitrogen and oxygen atoms in total. The molecule has 0 aromatic heterocycles. The van der Waals surface area contributed by atoms with Gasteiger partial charge in [-0.25, -0.2) is 13.2 Å². The molecule has 0 unspecified atom stereocenters. The Hall–Kier alpha value is -1.88. The van der Waals surface area contributed by atoms with Gasteiger partial charge in [0.15, 0.2) is 23.1 Å². The Kier molecular flexibility index (Phi) is 3.62. The third-order valence-corrected chi connectivity index (χ3v) is 2.43. The maximum atomic E-state index is 13.3. The molecule has 0 saturated heterocycles. The largest absolute Gasteiger partial charge is 0.204 e. The summed E-state index contributed by atoms with van der Waals surface area (Å²) in [4.78, 5) is 0. The van der Waals surface area contributed by atoms with E-state index in [1.54, 1.807) is 0 Å². The minimum absolute atomic E-state index is 0.00972. The van der Waals surface area contributed by atoms with Crippen molar-refractivity contribution in [3.8, 4) is 0 Å². The van der Waals surface area contributed by atoms with Gasteiger partial charge < -0.3 is 0 Å². The van der Waals surface area contributed by atoms with Crippen molar-refractivity contribution in [3.05, 3.63) is 58.9 Å².